The molecule has 1 aliphatic rings. The molecule has 2 aromatic rings. The van der Waals surface area contributed by atoms with E-state index in [4.69, 9.17) is 5.26 Å². The molecule has 0 saturated carbocycles. The predicted octanol–water partition coefficient (Wildman–Crippen LogP) is 2.51. The minimum Gasteiger partial charge on any atom is -0.506 e. The first kappa shape index (κ1) is 15.8. The minimum absolute atomic E-state index is 0.0658. The summed E-state index contributed by atoms with van der Waals surface area (Å²) < 4.78 is 0. The number of hydrogen-bond donors (Lipinski definition) is 2. The molecule has 0 unspecified atom stereocenters. The number of phenolic OH excluding ortho intramolecular Hbond substituents is 1. The Balaban J connectivity index is 1.57. The lowest BCUT2D eigenvalue weighted by Crippen LogP contribution is -2.38. The summed E-state index contributed by atoms with van der Waals surface area (Å²) in [6, 6.07) is 12.4. The van der Waals surface area contributed by atoms with Gasteiger partial charge in [-0.25, -0.2) is 4.98 Å². The smallest absolute Gasteiger partial charge is 0.227 e. The molecule has 0 aliphatic carbocycles. The number of benzene rings is 1. The molecule has 1 aromatic heterocycles. The molecule has 0 atom stereocenters. The van der Waals surface area contributed by atoms with Crippen LogP contribution in [0.4, 0.5) is 11.5 Å². The Bertz CT molecular complexity index is 759. The second kappa shape index (κ2) is 7.01. The Kier molecular flexibility index (Phi) is 4.62. The molecule has 1 aromatic carbocycles. The Morgan fingerprint density at radius 2 is 2.00 bits per heavy atom. The van der Waals surface area contributed by atoms with E-state index in [1.54, 1.807) is 36.5 Å². The van der Waals surface area contributed by atoms with Crippen LogP contribution in [0.25, 0.3) is 0 Å². The molecule has 3 rings (SSSR count). The summed E-state index contributed by atoms with van der Waals surface area (Å²) in [7, 11) is 0. The fourth-order valence-corrected chi connectivity index (χ4v) is 2.82. The van der Waals surface area contributed by atoms with Gasteiger partial charge in [0.25, 0.3) is 0 Å². The number of piperidine rings is 1. The van der Waals surface area contributed by atoms with Crippen LogP contribution in [0, 0.1) is 17.2 Å². The van der Waals surface area contributed by atoms with E-state index < -0.39 is 0 Å². The topological polar surface area (TPSA) is 89.2 Å². The maximum atomic E-state index is 12.4. The van der Waals surface area contributed by atoms with Gasteiger partial charge in [-0.3, -0.25) is 4.79 Å². The third-order valence-electron chi connectivity index (χ3n) is 4.23. The van der Waals surface area contributed by atoms with Crippen molar-refractivity contribution in [3.63, 3.8) is 0 Å². The highest BCUT2D eigenvalue weighted by Gasteiger charge is 2.26. The van der Waals surface area contributed by atoms with E-state index >= 15 is 0 Å². The largest absolute Gasteiger partial charge is 0.506 e. The molecule has 2 heterocycles. The quantitative estimate of drug-likeness (QED) is 0.848. The molecule has 6 heteroatoms. The Morgan fingerprint density at radius 3 is 2.62 bits per heavy atom. The van der Waals surface area contributed by atoms with Gasteiger partial charge in [-0.2, -0.15) is 5.26 Å². The molecule has 1 fully saturated rings. The number of amides is 1. The highest BCUT2D eigenvalue weighted by Crippen LogP contribution is 2.26. The van der Waals surface area contributed by atoms with Crippen molar-refractivity contribution >= 4 is 17.4 Å². The number of anilines is 2. The van der Waals surface area contributed by atoms with Crippen LogP contribution in [-0.2, 0) is 4.79 Å². The Labute approximate surface area is 140 Å². The van der Waals surface area contributed by atoms with Crippen LogP contribution in [0.1, 0.15) is 18.4 Å². The van der Waals surface area contributed by atoms with Gasteiger partial charge in [0.1, 0.15) is 17.6 Å². The summed E-state index contributed by atoms with van der Waals surface area (Å²) in [6.45, 7) is 1.47. The van der Waals surface area contributed by atoms with Gasteiger partial charge in [0.15, 0.2) is 0 Å². The van der Waals surface area contributed by atoms with E-state index in [-0.39, 0.29) is 17.6 Å². The Hall–Kier alpha value is -3.07. The number of hydrogen-bond acceptors (Lipinski definition) is 5. The first-order chi connectivity index (χ1) is 11.7. The number of nitriles is 1. The zero-order valence-corrected chi connectivity index (χ0v) is 13.1. The van der Waals surface area contributed by atoms with Crippen LogP contribution in [0.2, 0.25) is 0 Å². The van der Waals surface area contributed by atoms with Gasteiger partial charge < -0.3 is 15.3 Å². The van der Waals surface area contributed by atoms with E-state index in [1.807, 2.05) is 6.07 Å². The van der Waals surface area contributed by atoms with Crippen LogP contribution >= 0.6 is 0 Å². The standard InChI is InChI=1S/C18H18N4O2/c19-11-13-5-6-17(20-12-13)22-9-7-14(8-10-22)18(24)21-15-3-1-2-4-16(15)23/h1-6,12,14,23H,7-10H2,(H,21,24). The highest BCUT2D eigenvalue weighted by molar-refractivity contribution is 5.94. The van der Waals surface area contributed by atoms with Gasteiger partial charge >= 0.3 is 0 Å². The number of phenols is 1. The summed E-state index contributed by atoms with van der Waals surface area (Å²) in [6.07, 6.45) is 3.01. The first-order valence-corrected chi connectivity index (χ1v) is 7.87. The summed E-state index contributed by atoms with van der Waals surface area (Å²) in [4.78, 5) is 18.8. The lowest BCUT2D eigenvalue weighted by atomic mass is 9.95. The van der Waals surface area contributed by atoms with Crippen LogP contribution in [0.5, 0.6) is 5.75 Å². The number of aromatic nitrogens is 1. The molecule has 1 saturated heterocycles. The molecule has 0 bridgehead atoms. The second-order valence-electron chi connectivity index (χ2n) is 5.78. The summed E-state index contributed by atoms with van der Waals surface area (Å²) in [5.41, 5.74) is 0.981. The average Bonchev–Trinajstić information content (AvgIpc) is 2.64. The molecular weight excluding hydrogens is 304 g/mol. The van der Waals surface area contributed by atoms with E-state index in [2.05, 4.69) is 21.3 Å². The first-order valence-electron chi connectivity index (χ1n) is 7.87. The number of para-hydroxylation sites is 2. The molecule has 0 spiro atoms. The number of aromatic hydroxyl groups is 1. The lowest BCUT2D eigenvalue weighted by Gasteiger charge is -2.32. The van der Waals surface area contributed by atoms with Crippen LogP contribution < -0.4 is 10.2 Å². The molecule has 122 valence electrons. The lowest BCUT2D eigenvalue weighted by molar-refractivity contribution is -0.120. The van der Waals surface area contributed by atoms with Crippen molar-refractivity contribution in [2.75, 3.05) is 23.3 Å². The van der Waals surface area contributed by atoms with Gasteiger partial charge in [0.2, 0.25) is 5.91 Å². The zero-order valence-electron chi connectivity index (χ0n) is 13.1. The predicted molar refractivity (Wildman–Crippen MR) is 90.6 cm³/mol. The minimum atomic E-state index is -0.0840. The highest BCUT2D eigenvalue weighted by atomic mass is 16.3. The third kappa shape index (κ3) is 3.46. The van der Waals surface area contributed by atoms with Gasteiger partial charge in [-0.15, -0.1) is 0 Å². The Morgan fingerprint density at radius 1 is 1.25 bits per heavy atom. The number of pyridine rings is 1. The van der Waals surface area contributed by atoms with Crippen LogP contribution in [0.3, 0.4) is 0 Å². The third-order valence-corrected chi connectivity index (χ3v) is 4.23. The number of rotatable bonds is 3. The molecule has 2 N–H and O–H groups in total. The van der Waals surface area contributed by atoms with Crippen molar-refractivity contribution < 1.29 is 9.90 Å². The molecule has 1 amide bonds. The maximum Gasteiger partial charge on any atom is 0.227 e. The van der Waals surface area contributed by atoms with E-state index in [0.29, 0.717) is 11.3 Å². The van der Waals surface area contributed by atoms with E-state index in [1.165, 1.54) is 0 Å². The molecule has 24 heavy (non-hydrogen) atoms. The normalized spacial score (nSPS) is 14.9. The van der Waals surface area contributed by atoms with E-state index in [0.717, 1.165) is 31.7 Å². The number of nitrogens with one attached hydrogen (secondary N) is 1. The molecule has 1 aliphatic heterocycles. The maximum absolute atomic E-state index is 12.4. The van der Waals surface area contributed by atoms with Crippen molar-refractivity contribution in [3.8, 4) is 11.8 Å². The fourth-order valence-electron chi connectivity index (χ4n) is 2.82. The van der Waals surface area contributed by atoms with E-state index in [9.17, 15) is 9.90 Å². The van der Waals surface area contributed by atoms with Crippen molar-refractivity contribution in [1.82, 2.24) is 4.98 Å². The van der Waals surface area contributed by atoms with Crippen molar-refractivity contribution in [1.29, 1.82) is 5.26 Å². The van der Waals surface area contributed by atoms with Crippen molar-refractivity contribution in [3.05, 3.63) is 48.2 Å². The summed E-state index contributed by atoms with van der Waals surface area (Å²) >= 11 is 0. The fraction of sp³-hybridized carbons (Fsp3) is 0.278. The van der Waals surface area contributed by atoms with Crippen molar-refractivity contribution in [2.24, 2.45) is 5.92 Å². The second-order valence-corrected chi connectivity index (χ2v) is 5.78. The van der Waals surface area contributed by atoms with Crippen molar-refractivity contribution in [2.45, 2.75) is 12.8 Å². The average molecular weight is 322 g/mol. The summed E-state index contributed by atoms with van der Waals surface area (Å²) in [5, 5.41) is 21.3. The van der Waals surface area contributed by atoms with Crippen LogP contribution in [-0.4, -0.2) is 29.1 Å². The van der Waals surface area contributed by atoms with Gasteiger partial charge in [-0.05, 0) is 37.1 Å². The SMILES string of the molecule is N#Cc1ccc(N2CCC(C(=O)Nc3ccccc3O)CC2)nc1. The number of carbonyl (C=O) groups is 1. The van der Waals surface area contributed by atoms with Crippen LogP contribution in [0.15, 0.2) is 42.6 Å². The van der Waals surface area contributed by atoms with Gasteiger partial charge in [0.05, 0.1) is 11.3 Å². The van der Waals surface area contributed by atoms with Gasteiger partial charge in [0, 0.05) is 25.2 Å². The zero-order chi connectivity index (χ0) is 16.9. The summed E-state index contributed by atoms with van der Waals surface area (Å²) in [5.74, 6) is 0.752. The number of carbonyl (C=O) groups excluding carboxylic acids is 1. The number of nitrogens with zero attached hydrogens (tertiary/aromatic N) is 3. The molecule has 6 nitrogen and oxygen atoms in total. The molecule has 0 radical (unpaired) electrons. The van der Waals surface area contributed by atoms with Gasteiger partial charge in [-0.1, -0.05) is 12.1 Å². The monoisotopic (exact) mass is 322 g/mol. The molecular formula is C18H18N4O2.